The fourth-order valence-electron chi connectivity index (χ4n) is 3.15. The molecule has 0 aliphatic carbocycles. The molecule has 162 valence electrons. The van der Waals surface area contributed by atoms with E-state index in [1.54, 1.807) is 36.4 Å². The summed E-state index contributed by atoms with van der Waals surface area (Å²) in [6.45, 7) is 6.07. The number of hydrogen-bond acceptors (Lipinski definition) is 6. The summed E-state index contributed by atoms with van der Waals surface area (Å²) in [5.74, 6) is -2.08. The lowest BCUT2D eigenvalue weighted by atomic mass is 10.1. The lowest BCUT2D eigenvalue weighted by Crippen LogP contribution is -2.31. The largest absolute Gasteiger partial charge is 0.502 e. The van der Waals surface area contributed by atoms with E-state index in [1.807, 2.05) is 20.8 Å². The van der Waals surface area contributed by atoms with Crippen LogP contribution in [0.1, 0.15) is 49.5 Å². The number of hydrogen-bond donors (Lipinski definition) is 1. The molecule has 0 spiro atoms. The maximum Gasteiger partial charge on any atom is 0.338 e. The number of carbonyl (C=O) groups excluding carboxylic acids is 3. The van der Waals surface area contributed by atoms with Crippen LogP contribution in [-0.2, 0) is 14.3 Å². The average Bonchev–Trinajstić information content (AvgIpc) is 2.97. The molecule has 0 fully saturated rings. The van der Waals surface area contributed by atoms with E-state index in [4.69, 9.17) is 9.47 Å². The highest BCUT2D eigenvalue weighted by Gasteiger charge is 2.40. The van der Waals surface area contributed by atoms with Crippen molar-refractivity contribution in [3.8, 4) is 5.75 Å². The molecule has 7 nitrogen and oxygen atoms in total. The van der Waals surface area contributed by atoms with Gasteiger partial charge in [0.1, 0.15) is 5.75 Å². The number of aliphatic hydroxyl groups is 1. The van der Waals surface area contributed by atoms with E-state index >= 15 is 0 Å². The maximum absolute atomic E-state index is 13.0. The molecule has 1 aliphatic rings. The van der Waals surface area contributed by atoms with Crippen molar-refractivity contribution in [3.63, 3.8) is 0 Å². The molecule has 2 aromatic carbocycles. The third kappa shape index (κ3) is 4.77. The Morgan fingerprint density at radius 1 is 1.06 bits per heavy atom. The third-order valence-electron chi connectivity index (χ3n) is 4.65. The van der Waals surface area contributed by atoms with Crippen molar-refractivity contribution in [2.75, 3.05) is 11.5 Å². The van der Waals surface area contributed by atoms with Crippen LogP contribution in [0.25, 0.3) is 5.57 Å². The van der Waals surface area contributed by atoms with Crippen molar-refractivity contribution in [1.82, 2.24) is 0 Å². The molecule has 3 rings (SSSR count). The van der Waals surface area contributed by atoms with Gasteiger partial charge >= 0.3 is 11.9 Å². The maximum atomic E-state index is 13.0. The number of benzene rings is 2. The van der Waals surface area contributed by atoms with E-state index in [0.29, 0.717) is 17.9 Å². The van der Waals surface area contributed by atoms with Crippen molar-refractivity contribution in [1.29, 1.82) is 0 Å². The molecule has 0 unspecified atom stereocenters. The molecule has 0 bridgehead atoms. The molecular weight excluding hydrogens is 398 g/mol. The number of imide groups is 1. The fourth-order valence-corrected chi connectivity index (χ4v) is 3.15. The molecule has 0 radical (unpaired) electrons. The van der Waals surface area contributed by atoms with E-state index < -0.39 is 23.5 Å². The van der Waals surface area contributed by atoms with Crippen molar-refractivity contribution < 1.29 is 29.0 Å². The van der Waals surface area contributed by atoms with Gasteiger partial charge in [0.2, 0.25) is 0 Å². The fraction of sp³-hybridized carbons (Fsp3) is 0.292. The summed E-state index contributed by atoms with van der Waals surface area (Å²) in [5, 5.41) is 10.4. The minimum Gasteiger partial charge on any atom is -0.502 e. The number of unbranched alkanes of at least 4 members (excludes halogenated alkanes) is 1. The highest BCUT2D eigenvalue weighted by atomic mass is 16.5. The Morgan fingerprint density at radius 3 is 2.42 bits per heavy atom. The van der Waals surface area contributed by atoms with Crippen LogP contribution < -0.4 is 9.64 Å². The van der Waals surface area contributed by atoms with Gasteiger partial charge in [0.25, 0.3) is 5.91 Å². The Kier molecular flexibility index (Phi) is 6.74. The highest BCUT2D eigenvalue weighted by Crippen LogP contribution is 2.33. The molecule has 1 N–H and O–H groups in total. The smallest absolute Gasteiger partial charge is 0.338 e. The summed E-state index contributed by atoms with van der Waals surface area (Å²) >= 11 is 0. The van der Waals surface area contributed by atoms with Gasteiger partial charge in [0.05, 0.1) is 29.5 Å². The third-order valence-corrected chi connectivity index (χ3v) is 4.65. The van der Waals surface area contributed by atoms with Crippen molar-refractivity contribution in [3.05, 3.63) is 65.4 Å². The van der Waals surface area contributed by atoms with Crippen molar-refractivity contribution in [2.24, 2.45) is 0 Å². The Bertz CT molecular complexity index is 1020. The molecule has 0 aromatic heterocycles. The zero-order valence-corrected chi connectivity index (χ0v) is 17.8. The topological polar surface area (TPSA) is 93.1 Å². The summed E-state index contributed by atoms with van der Waals surface area (Å²) < 4.78 is 10.8. The summed E-state index contributed by atoms with van der Waals surface area (Å²) in [6.07, 6.45) is 1.63. The van der Waals surface area contributed by atoms with Gasteiger partial charge in [-0.25, -0.2) is 9.69 Å². The zero-order chi connectivity index (χ0) is 22.5. The first-order valence-corrected chi connectivity index (χ1v) is 10.2. The van der Waals surface area contributed by atoms with Crippen LogP contribution >= 0.6 is 0 Å². The van der Waals surface area contributed by atoms with Crippen LogP contribution in [0.5, 0.6) is 5.75 Å². The van der Waals surface area contributed by atoms with Crippen molar-refractivity contribution in [2.45, 2.75) is 39.7 Å². The molecular formula is C24H25NO6. The Labute approximate surface area is 180 Å². The van der Waals surface area contributed by atoms with E-state index in [9.17, 15) is 19.5 Å². The zero-order valence-electron chi connectivity index (χ0n) is 17.8. The van der Waals surface area contributed by atoms with Gasteiger partial charge in [-0.1, -0.05) is 31.5 Å². The Morgan fingerprint density at radius 2 is 1.77 bits per heavy atom. The second-order valence-corrected chi connectivity index (χ2v) is 7.40. The number of nitrogens with zero attached hydrogens (tertiary/aromatic N) is 1. The highest BCUT2D eigenvalue weighted by molar-refractivity contribution is 6.44. The van der Waals surface area contributed by atoms with Gasteiger partial charge in [0.15, 0.2) is 5.76 Å². The van der Waals surface area contributed by atoms with E-state index in [-0.39, 0.29) is 22.9 Å². The number of carbonyl (C=O) groups is 3. The lowest BCUT2D eigenvalue weighted by molar-refractivity contribution is -0.121. The SMILES string of the molecule is CCCCOC(=O)c1cccc(N2C(=O)C(O)=C(c3ccc(OC(C)C)cc3)C2=O)c1. The van der Waals surface area contributed by atoms with E-state index in [0.717, 1.165) is 17.7 Å². The Balaban J connectivity index is 1.84. The van der Waals surface area contributed by atoms with Crippen LogP contribution in [0.15, 0.2) is 54.3 Å². The summed E-state index contributed by atoms with van der Waals surface area (Å²) in [6, 6.07) is 12.6. The number of amides is 2. The molecule has 1 heterocycles. The van der Waals surface area contributed by atoms with Gasteiger partial charge in [0, 0.05) is 0 Å². The van der Waals surface area contributed by atoms with E-state index in [2.05, 4.69) is 0 Å². The second-order valence-electron chi connectivity index (χ2n) is 7.40. The minimum absolute atomic E-state index is 0.00964. The first kappa shape index (κ1) is 22.1. The van der Waals surface area contributed by atoms with Crippen LogP contribution in [0.3, 0.4) is 0 Å². The van der Waals surface area contributed by atoms with Crippen LogP contribution in [-0.4, -0.2) is 35.6 Å². The molecule has 2 aromatic rings. The number of rotatable bonds is 8. The predicted octanol–water partition coefficient (Wildman–Crippen LogP) is 4.27. The van der Waals surface area contributed by atoms with E-state index in [1.165, 1.54) is 12.1 Å². The molecule has 0 saturated heterocycles. The predicted molar refractivity (Wildman–Crippen MR) is 116 cm³/mol. The first-order chi connectivity index (χ1) is 14.8. The first-order valence-electron chi connectivity index (χ1n) is 10.2. The molecule has 1 aliphatic heterocycles. The van der Waals surface area contributed by atoms with Gasteiger partial charge in [-0.3, -0.25) is 9.59 Å². The molecule has 0 saturated carbocycles. The summed E-state index contributed by atoms with van der Waals surface area (Å²) in [7, 11) is 0. The number of aliphatic hydroxyl groups excluding tert-OH is 1. The van der Waals surface area contributed by atoms with Gasteiger partial charge in [-0.15, -0.1) is 0 Å². The molecule has 7 heteroatoms. The van der Waals surface area contributed by atoms with Gasteiger partial charge in [-0.05, 0) is 56.2 Å². The number of anilines is 1. The average molecular weight is 423 g/mol. The lowest BCUT2D eigenvalue weighted by Gasteiger charge is -2.15. The quantitative estimate of drug-likeness (QED) is 0.387. The van der Waals surface area contributed by atoms with Crippen LogP contribution in [0.4, 0.5) is 5.69 Å². The normalized spacial score (nSPS) is 13.9. The molecule has 2 amide bonds. The molecule has 31 heavy (non-hydrogen) atoms. The summed E-state index contributed by atoms with van der Waals surface area (Å²) in [4.78, 5) is 38.8. The standard InChI is InChI=1S/C24H25NO6/c1-4-5-13-30-24(29)17-7-6-8-18(14-17)25-22(27)20(21(26)23(25)28)16-9-11-19(12-10-16)31-15(2)3/h6-12,14-15,26H,4-5,13H2,1-3H3. The number of ether oxygens (including phenoxy) is 2. The van der Waals surface area contributed by atoms with Crippen LogP contribution in [0.2, 0.25) is 0 Å². The van der Waals surface area contributed by atoms with Gasteiger partial charge < -0.3 is 14.6 Å². The number of esters is 1. The van der Waals surface area contributed by atoms with Gasteiger partial charge in [-0.2, -0.15) is 0 Å². The monoisotopic (exact) mass is 423 g/mol. The van der Waals surface area contributed by atoms with Crippen molar-refractivity contribution >= 4 is 29.0 Å². The Hall–Kier alpha value is -3.61. The minimum atomic E-state index is -0.848. The molecule has 0 atom stereocenters. The van der Waals surface area contributed by atoms with Crippen LogP contribution in [0, 0.1) is 0 Å². The second kappa shape index (κ2) is 9.47. The summed E-state index contributed by atoms with van der Waals surface area (Å²) in [5.41, 5.74) is 0.695.